The predicted octanol–water partition coefficient (Wildman–Crippen LogP) is 1.47. The molecule has 2 heterocycles. The SMILES string of the molecule is CCn1nccc1C(O)C1CCCCCN1. The third-order valence-corrected chi connectivity index (χ3v) is 3.33. The summed E-state index contributed by atoms with van der Waals surface area (Å²) in [5.41, 5.74) is 0.932. The molecule has 0 bridgehead atoms. The van der Waals surface area contributed by atoms with E-state index in [2.05, 4.69) is 10.4 Å². The summed E-state index contributed by atoms with van der Waals surface area (Å²) in [4.78, 5) is 0. The highest BCUT2D eigenvalue weighted by atomic mass is 16.3. The molecule has 0 saturated carbocycles. The first-order valence-electron chi connectivity index (χ1n) is 6.26. The van der Waals surface area contributed by atoms with Crippen LogP contribution in [0.5, 0.6) is 0 Å². The summed E-state index contributed by atoms with van der Waals surface area (Å²) in [5.74, 6) is 0. The number of nitrogens with zero attached hydrogens (tertiary/aromatic N) is 2. The van der Waals surface area contributed by atoms with Crippen LogP contribution in [0.25, 0.3) is 0 Å². The van der Waals surface area contributed by atoms with Crippen molar-refractivity contribution < 1.29 is 5.11 Å². The van der Waals surface area contributed by atoms with Gasteiger partial charge in [0, 0.05) is 18.8 Å². The number of aryl methyl sites for hydroxylation is 1. The molecule has 0 aliphatic carbocycles. The summed E-state index contributed by atoms with van der Waals surface area (Å²) in [5, 5.41) is 18.0. The Morgan fingerprint density at radius 2 is 2.44 bits per heavy atom. The van der Waals surface area contributed by atoms with E-state index in [1.165, 1.54) is 19.3 Å². The third-order valence-electron chi connectivity index (χ3n) is 3.33. The van der Waals surface area contributed by atoms with Crippen LogP contribution in [0.2, 0.25) is 0 Å². The molecule has 1 fully saturated rings. The Balaban J connectivity index is 2.07. The standard InChI is InChI=1S/C12H21N3O/c1-2-15-11(7-9-14-15)12(16)10-6-4-3-5-8-13-10/h7,9-10,12-13,16H,2-6,8H2,1H3. The first kappa shape index (κ1) is 11.6. The number of hydrogen-bond acceptors (Lipinski definition) is 3. The van der Waals surface area contributed by atoms with Crippen molar-refractivity contribution in [1.82, 2.24) is 15.1 Å². The van der Waals surface area contributed by atoms with Crippen molar-refractivity contribution in [3.8, 4) is 0 Å². The van der Waals surface area contributed by atoms with E-state index in [0.717, 1.165) is 25.2 Å². The van der Waals surface area contributed by atoms with Crippen LogP contribution < -0.4 is 5.32 Å². The molecule has 4 nitrogen and oxygen atoms in total. The Bertz CT molecular complexity index is 316. The third kappa shape index (κ3) is 2.44. The summed E-state index contributed by atoms with van der Waals surface area (Å²) >= 11 is 0. The largest absolute Gasteiger partial charge is 0.385 e. The summed E-state index contributed by atoms with van der Waals surface area (Å²) in [6.45, 7) is 3.87. The fraction of sp³-hybridized carbons (Fsp3) is 0.750. The molecule has 1 aromatic heterocycles. The van der Waals surface area contributed by atoms with Crippen LogP contribution >= 0.6 is 0 Å². The average molecular weight is 223 g/mol. The van der Waals surface area contributed by atoms with Crippen molar-refractivity contribution in [2.45, 2.75) is 51.3 Å². The highest BCUT2D eigenvalue weighted by Gasteiger charge is 2.24. The first-order valence-corrected chi connectivity index (χ1v) is 6.26. The van der Waals surface area contributed by atoms with Gasteiger partial charge in [-0.05, 0) is 32.4 Å². The molecule has 1 saturated heterocycles. The van der Waals surface area contributed by atoms with Gasteiger partial charge in [0.25, 0.3) is 0 Å². The smallest absolute Gasteiger partial charge is 0.111 e. The molecule has 0 amide bonds. The molecule has 1 aliphatic rings. The van der Waals surface area contributed by atoms with Crippen LogP contribution in [-0.2, 0) is 6.54 Å². The molecule has 0 spiro atoms. The van der Waals surface area contributed by atoms with E-state index in [0.29, 0.717) is 0 Å². The lowest BCUT2D eigenvalue weighted by Crippen LogP contribution is -2.35. The van der Waals surface area contributed by atoms with Gasteiger partial charge in [0.2, 0.25) is 0 Å². The van der Waals surface area contributed by atoms with Crippen molar-refractivity contribution in [2.75, 3.05) is 6.54 Å². The van der Waals surface area contributed by atoms with Gasteiger partial charge in [0.15, 0.2) is 0 Å². The van der Waals surface area contributed by atoms with Gasteiger partial charge in [-0.15, -0.1) is 0 Å². The second-order valence-electron chi connectivity index (χ2n) is 4.43. The lowest BCUT2D eigenvalue weighted by molar-refractivity contribution is 0.117. The molecule has 90 valence electrons. The Hall–Kier alpha value is -0.870. The number of aliphatic hydroxyl groups is 1. The van der Waals surface area contributed by atoms with Gasteiger partial charge in [-0.1, -0.05) is 12.8 Å². The van der Waals surface area contributed by atoms with E-state index < -0.39 is 6.10 Å². The molecule has 0 aromatic carbocycles. The Morgan fingerprint density at radius 1 is 1.56 bits per heavy atom. The zero-order valence-corrected chi connectivity index (χ0v) is 9.89. The fourth-order valence-electron chi connectivity index (χ4n) is 2.39. The zero-order chi connectivity index (χ0) is 11.4. The second kappa shape index (κ2) is 5.46. The molecule has 1 aliphatic heterocycles. The van der Waals surface area contributed by atoms with Crippen LogP contribution in [0.4, 0.5) is 0 Å². The van der Waals surface area contributed by atoms with Crippen LogP contribution in [-0.4, -0.2) is 27.5 Å². The Labute approximate surface area is 96.7 Å². The maximum atomic E-state index is 10.3. The number of hydrogen-bond donors (Lipinski definition) is 2. The normalized spacial score (nSPS) is 24.0. The maximum absolute atomic E-state index is 10.3. The van der Waals surface area contributed by atoms with E-state index in [-0.39, 0.29) is 6.04 Å². The molecule has 2 atom stereocenters. The van der Waals surface area contributed by atoms with Gasteiger partial charge >= 0.3 is 0 Å². The molecular weight excluding hydrogens is 202 g/mol. The highest BCUT2D eigenvalue weighted by Crippen LogP contribution is 2.22. The van der Waals surface area contributed by atoms with Crippen LogP contribution in [0.3, 0.4) is 0 Å². The van der Waals surface area contributed by atoms with Crippen molar-refractivity contribution in [3.05, 3.63) is 18.0 Å². The number of rotatable bonds is 3. The van der Waals surface area contributed by atoms with Gasteiger partial charge in [0.1, 0.15) is 6.10 Å². The van der Waals surface area contributed by atoms with Gasteiger partial charge < -0.3 is 10.4 Å². The van der Waals surface area contributed by atoms with Crippen LogP contribution in [0.15, 0.2) is 12.3 Å². The quantitative estimate of drug-likeness (QED) is 0.816. The zero-order valence-electron chi connectivity index (χ0n) is 9.89. The molecular formula is C12H21N3O. The monoisotopic (exact) mass is 223 g/mol. The second-order valence-corrected chi connectivity index (χ2v) is 4.43. The van der Waals surface area contributed by atoms with E-state index in [4.69, 9.17) is 0 Å². The van der Waals surface area contributed by atoms with Crippen molar-refractivity contribution in [3.63, 3.8) is 0 Å². The molecule has 4 heteroatoms. The number of aliphatic hydroxyl groups excluding tert-OH is 1. The van der Waals surface area contributed by atoms with E-state index >= 15 is 0 Å². The first-order chi connectivity index (χ1) is 7.83. The fourth-order valence-corrected chi connectivity index (χ4v) is 2.39. The van der Waals surface area contributed by atoms with Crippen LogP contribution in [0.1, 0.15) is 44.4 Å². The van der Waals surface area contributed by atoms with Gasteiger partial charge in [-0.3, -0.25) is 4.68 Å². The maximum Gasteiger partial charge on any atom is 0.111 e. The minimum absolute atomic E-state index is 0.185. The summed E-state index contributed by atoms with van der Waals surface area (Å²) < 4.78 is 1.87. The summed E-state index contributed by atoms with van der Waals surface area (Å²) in [6, 6.07) is 2.10. The average Bonchev–Trinajstić information content (AvgIpc) is 2.61. The van der Waals surface area contributed by atoms with Crippen molar-refractivity contribution in [2.24, 2.45) is 0 Å². The molecule has 1 aromatic rings. The van der Waals surface area contributed by atoms with E-state index in [9.17, 15) is 5.11 Å². The topological polar surface area (TPSA) is 50.1 Å². The van der Waals surface area contributed by atoms with Crippen LogP contribution in [0, 0.1) is 0 Å². The van der Waals surface area contributed by atoms with E-state index in [1.807, 2.05) is 17.7 Å². The summed E-state index contributed by atoms with van der Waals surface area (Å²) in [7, 11) is 0. The van der Waals surface area contributed by atoms with E-state index in [1.54, 1.807) is 6.20 Å². The lowest BCUT2D eigenvalue weighted by atomic mass is 10.0. The Morgan fingerprint density at radius 3 is 3.25 bits per heavy atom. The molecule has 2 N–H and O–H groups in total. The Kier molecular flexibility index (Phi) is 3.96. The molecule has 0 radical (unpaired) electrons. The summed E-state index contributed by atoms with van der Waals surface area (Å²) in [6.07, 6.45) is 6.07. The predicted molar refractivity (Wildman–Crippen MR) is 63.1 cm³/mol. The number of aromatic nitrogens is 2. The van der Waals surface area contributed by atoms with Crippen molar-refractivity contribution in [1.29, 1.82) is 0 Å². The van der Waals surface area contributed by atoms with Gasteiger partial charge in [0.05, 0.1) is 5.69 Å². The molecule has 2 rings (SSSR count). The van der Waals surface area contributed by atoms with Gasteiger partial charge in [-0.2, -0.15) is 5.10 Å². The lowest BCUT2D eigenvalue weighted by Gasteiger charge is -2.22. The minimum Gasteiger partial charge on any atom is -0.385 e. The van der Waals surface area contributed by atoms with Crippen molar-refractivity contribution >= 4 is 0 Å². The molecule has 16 heavy (non-hydrogen) atoms. The highest BCUT2D eigenvalue weighted by molar-refractivity contribution is 5.07. The van der Waals surface area contributed by atoms with Gasteiger partial charge in [-0.25, -0.2) is 0 Å². The minimum atomic E-state index is -0.430. The molecule has 2 unspecified atom stereocenters. The number of nitrogens with one attached hydrogen (secondary N) is 1.